The lowest BCUT2D eigenvalue weighted by Gasteiger charge is -2.32. The van der Waals surface area contributed by atoms with Crippen LogP contribution >= 0.6 is 0 Å². The Hall–Kier alpha value is -1.36. The monoisotopic (exact) mass is 278 g/mol. The van der Waals surface area contributed by atoms with Gasteiger partial charge in [0.05, 0.1) is 18.5 Å². The molecule has 0 spiro atoms. The van der Waals surface area contributed by atoms with Gasteiger partial charge in [0.15, 0.2) is 5.82 Å². The second-order valence-corrected chi connectivity index (χ2v) is 5.66. The molecule has 1 aromatic rings. The van der Waals surface area contributed by atoms with Gasteiger partial charge >= 0.3 is 0 Å². The molecular formula is C15H26N4O. The summed E-state index contributed by atoms with van der Waals surface area (Å²) >= 11 is 0. The molecule has 0 aromatic carbocycles. The van der Waals surface area contributed by atoms with Gasteiger partial charge in [-0.15, -0.1) is 0 Å². The molecule has 0 amide bonds. The molecule has 5 heteroatoms. The molecule has 1 fully saturated rings. The molecule has 2 unspecified atom stereocenters. The van der Waals surface area contributed by atoms with E-state index in [0.29, 0.717) is 17.8 Å². The number of nitrogens with two attached hydrogens (primary N) is 1. The average molecular weight is 278 g/mol. The zero-order valence-electron chi connectivity index (χ0n) is 12.7. The Labute approximate surface area is 121 Å². The lowest BCUT2D eigenvalue weighted by Crippen LogP contribution is -2.41. The molecule has 5 nitrogen and oxygen atoms in total. The number of hydrogen-bond donors (Lipinski definition) is 1. The Morgan fingerprint density at radius 3 is 2.85 bits per heavy atom. The van der Waals surface area contributed by atoms with Crippen molar-refractivity contribution in [1.82, 2.24) is 9.97 Å². The van der Waals surface area contributed by atoms with Gasteiger partial charge < -0.3 is 15.4 Å². The normalized spacial score (nSPS) is 22.2. The van der Waals surface area contributed by atoms with Crippen LogP contribution in [0.4, 0.5) is 5.82 Å². The van der Waals surface area contributed by atoms with Crippen molar-refractivity contribution in [1.29, 1.82) is 0 Å². The highest BCUT2D eigenvalue weighted by molar-refractivity contribution is 5.39. The van der Waals surface area contributed by atoms with Gasteiger partial charge in [0.2, 0.25) is 5.88 Å². The van der Waals surface area contributed by atoms with Crippen molar-refractivity contribution in [3.05, 3.63) is 12.4 Å². The van der Waals surface area contributed by atoms with Crippen molar-refractivity contribution >= 4 is 5.82 Å². The SMILES string of the molecule is CCN(c1cncc(OC(C)C)n1)C1CCCC1CN. The number of anilines is 1. The van der Waals surface area contributed by atoms with E-state index < -0.39 is 0 Å². The molecule has 0 bridgehead atoms. The van der Waals surface area contributed by atoms with Crippen molar-refractivity contribution in [2.45, 2.75) is 52.2 Å². The van der Waals surface area contributed by atoms with E-state index in [1.54, 1.807) is 6.20 Å². The molecule has 2 rings (SSSR count). The van der Waals surface area contributed by atoms with Gasteiger partial charge in [-0.3, -0.25) is 4.98 Å². The second-order valence-electron chi connectivity index (χ2n) is 5.66. The minimum atomic E-state index is 0.109. The summed E-state index contributed by atoms with van der Waals surface area (Å²) in [4.78, 5) is 11.2. The molecule has 1 saturated carbocycles. The average Bonchev–Trinajstić information content (AvgIpc) is 2.87. The summed E-state index contributed by atoms with van der Waals surface area (Å²) in [7, 11) is 0. The van der Waals surface area contributed by atoms with Gasteiger partial charge in [-0.25, -0.2) is 0 Å². The van der Waals surface area contributed by atoms with Gasteiger partial charge in [0.1, 0.15) is 0 Å². The maximum Gasteiger partial charge on any atom is 0.234 e. The molecule has 0 radical (unpaired) electrons. The van der Waals surface area contributed by atoms with Crippen LogP contribution in [0.5, 0.6) is 5.88 Å². The zero-order chi connectivity index (χ0) is 14.5. The lowest BCUT2D eigenvalue weighted by molar-refractivity contribution is 0.231. The highest BCUT2D eigenvalue weighted by Crippen LogP contribution is 2.31. The minimum absolute atomic E-state index is 0.109. The van der Waals surface area contributed by atoms with E-state index in [1.807, 2.05) is 20.0 Å². The molecule has 1 heterocycles. The Balaban J connectivity index is 2.18. The third kappa shape index (κ3) is 3.39. The Bertz CT molecular complexity index is 424. The number of rotatable bonds is 6. The Morgan fingerprint density at radius 2 is 2.20 bits per heavy atom. The fourth-order valence-electron chi connectivity index (χ4n) is 3.04. The van der Waals surface area contributed by atoms with Crippen LogP contribution in [-0.4, -0.2) is 35.2 Å². The third-order valence-corrected chi connectivity index (χ3v) is 3.91. The van der Waals surface area contributed by atoms with Crippen LogP contribution < -0.4 is 15.4 Å². The summed E-state index contributed by atoms with van der Waals surface area (Å²) in [5.74, 6) is 2.06. The van der Waals surface area contributed by atoms with Gasteiger partial charge in [-0.2, -0.15) is 4.98 Å². The second kappa shape index (κ2) is 6.88. The number of aromatic nitrogens is 2. The first kappa shape index (κ1) is 15.0. The third-order valence-electron chi connectivity index (χ3n) is 3.91. The maximum atomic E-state index is 5.90. The Morgan fingerprint density at radius 1 is 1.40 bits per heavy atom. The minimum Gasteiger partial charge on any atom is -0.474 e. The predicted molar refractivity (Wildman–Crippen MR) is 81.0 cm³/mol. The van der Waals surface area contributed by atoms with Gasteiger partial charge in [-0.05, 0) is 46.1 Å². The highest BCUT2D eigenvalue weighted by atomic mass is 16.5. The van der Waals surface area contributed by atoms with Crippen molar-refractivity contribution < 1.29 is 4.74 Å². The first-order valence-electron chi connectivity index (χ1n) is 7.61. The first-order chi connectivity index (χ1) is 9.65. The van der Waals surface area contributed by atoms with Crippen LogP contribution in [0.25, 0.3) is 0 Å². The molecule has 1 aromatic heterocycles. The van der Waals surface area contributed by atoms with Crippen molar-refractivity contribution in [2.75, 3.05) is 18.0 Å². The number of nitrogens with zero attached hydrogens (tertiary/aromatic N) is 3. The molecule has 0 aliphatic heterocycles. The van der Waals surface area contributed by atoms with Gasteiger partial charge in [-0.1, -0.05) is 6.42 Å². The van der Waals surface area contributed by atoms with E-state index in [2.05, 4.69) is 21.8 Å². The fraction of sp³-hybridized carbons (Fsp3) is 0.733. The largest absolute Gasteiger partial charge is 0.474 e. The Kier molecular flexibility index (Phi) is 5.17. The summed E-state index contributed by atoms with van der Waals surface area (Å²) in [6.45, 7) is 7.81. The topological polar surface area (TPSA) is 64.3 Å². The van der Waals surface area contributed by atoms with Crippen LogP contribution in [0.15, 0.2) is 12.4 Å². The molecule has 1 aliphatic carbocycles. The van der Waals surface area contributed by atoms with E-state index in [-0.39, 0.29) is 6.10 Å². The van der Waals surface area contributed by atoms with Crippen molar-refractivity contribution in [3.63, 3.8) is 0 Å². The zero-order valence-corrected chi connectivity index (χ0v) is 12.7. The molecule has 2 N–H and O–H groups in total. The van der Waals surface area contributed by atoms with Crippen LogP contribution in [0.1, 0.15) is 40.0 Å². The number of ether oxygens (including phenoxy) is 1. The fourth-order valence-corrected chi connectivity index (χ4v) is 3.04. The van der Waals surface area contributed by atoms with E-state index in [4.69, 9.17) is 10.5 Å². The lowest BCUT2D eigenvalue weighted by atomic mass is 10.0. The highest BCUT2D eigenvalue weighted by Gasteiger charge is 2.31. The summed E-state index contributed by atoms with van der Waals surface area (Å²) in [6.07, 6.45) is 7.26. The molecule has 2 atom stereocenters. The first-order valence-corrected chi connectivity index (χ1v) is 7.61. The predicted octanol–water partition coefficient (Wildman–Crippen LogP) is 2.22. The molecule has 20 heavy (non-hydrogen) atoms. The molecule has 1 aliphatic rings. The van der Waals surface area contributed by atoms with Crippen molar-refractivity contribution in [2.24, 2.45) is 11.7 Å². The summed E-state index contributed by atoms with van der Waals surface area (Å²) in [5.41, 5.74) is 5.90. The van der Waals surface area contributed by atoms with E-state index >= 15 is 0 Å². The molecular weight excluding hydrogens is 252 g/mol. The van der Waals surface area contributed by atoms with Gasteiger partial charge in [0.25, 0.3) is 0 Å². The smallest absolute Gasteiger partial charge is 0.234 e. The van der Waals surface area contributed by atoms with Gasteiger partial charge in [0, 0.05) is 12.6 Å². The quantitative estimate of drug-likeness (QED) is 0.864. The maximum absolute atomic E-state index is 5.90. The summed E-state index contributed by atoms with van der Waals surface area (Å²) < 4.78 is 5.64. The molecule has 0 saturated heterocycles. The number of hydrogen-bond acceptors (Lipinski definition) is 5. The van der Waals surface area contributed by atoms with Crippen molar-refractivity contribution in [3.8, 4) is 5.88 Å². The van der Waals surface area contributed by atoms with E-state index in [0.717, 1.165) is 18.9 Å². The van der Waals surface area contributed by atoms with E-state index in [1.165, 1.54) is 19.3 Å². The summed E-state index contributed by atoms with van der Waals surface area (Å²) in [5, 5.41) is 0. The van der Waals surface area contributed by atoms with E-state index in [9.17, 15) is 0 Å². The van der Waals surface area contributed by atoms with Crippen LogP contribution in [-0.2, 0) is 0 Å². The van der Waals surface area contributed by atoms with Crippen LogP contribution in [0.2, 0.25) is 0 Å². The van der Waals surface area contributed by atoms with Crippen LogP contribution in [0, 0.1) is 5.92 Å². The standard InChI is InChI=1S/C15H26N4O/c1-4-19(13-7-5-6-12(13)8-16)14-9-17-10-15(18-14)20-11(2)3/h9-13H,4-8,16H2,1-3H3. The summed E-state index contributed by atoms with van der Waals surface area (Å²) in [6, 6.07) is 0.480. The molecule has 112 valence electrons. The van der Waals surface area contributed by atoms with Crippen LogP contribution in [0.3, 0.4) is 0 Å².